The minimum absolute atomic E-state index is 0. The van der Waals surface area contributed by atoms with Crippen molar-refractivity contribution in [2.75, 3.05) is 52.4 Å². The first-order valence-corrected chi connectivity index (χ1v) is 15.1. The van der Waals surface area contributed by atoms with Gasteiger partial charge in [-0.1, -0.05) is 55.6 Å². The summed E-state index contributed by atoms with van der Waals surface area (Å²) in [6.07, 6.45) is 12.3. The molecule has 0 aromatic heterocycles. The Balaban J connectivity index is 0.00000185. The first-order chi connectivity index (χ1) is 18.4. The second kappa shape index (κ2) is 13.1. The van der Waals surface area contributed by atoms with E-state index in [0.717, 1.165) is 66.6 Å². The van der Waals surface area contributed by atoms with Crippen LogP contribution < -0.4 is 0 Å². The molecule has 1 atom stereocenters. The van der Waals surface area contributed by atoms with Crippen LogP contribution in [0, 0.1) is 11.8 Å². The largest absolute Gasteiger partial charge is 0.476 e. The number of carbonyl (C=O) groups excluding carboxylic acids is 1. The van der Waals surface area contributed by atoms with Crippen LogP contribution in [-0.4, -0.2) is 89.1 Å². The summed E-state index contributed by atoms with van der Waals surface area (Å²) in [5, 5.41) is 10.7. The molecular formula is C29H37Cl3N4O3S. The fourth-order valence-electron chi connectivity index (χ4n) is 6.82. The Bertz CT molecular complexity index is 1240. The maximum Gasteiger partial charge on any atom is 0.361 e. The number of nitrogens with zero attached hydrogens (tertiary/aromatic N) is 4. The van der Waals surface area contributed by atoms with Gasteiger partial charge in [0.15, 0.2) is 5.04 Å². The Morgan fingerprint density at radius 3 is 2.48 bits per heavy atom. The molecule has 3 aliphatic heterocycles. The number of rotatable bonds is 5. The van der Waals surface area contributed by atoms with E-state index in [-0.39, 0.29) is 41.7 Å². The van der Waals surface area contributed by atoms with Gasteiger partial charge in [-0.25, -0.2) is 4.79 Å². The van der Waals surface area contributed by atoms with E-state index in [9.17, 15) is 14.7 Å². The average Bonchev–Trinajstić information content (AvgIpc) is 3.41. The summed E-state index contributed by atoms with van der Waals surface area (Å²) in [4.78, 5) is 37.3. The highest BCUT2D eigenvalue weighted by Crippen LogP contribution is 2.58. The standard InChI is InChI=1S/C29H35ClN4O3S.2ClH/c1-2-32-10-12-34(13-11-32)23(35)17-33-15-19-14-31-28(29(36)37)38-27(19)26-21(16-33)25-20(8-9-22(25)30)24(26)18-6-4-3-5-7-18;;/h8-9,16,18,25H,2-7,10-15,17H2,1H3,(H,36,37);2*1H. The number of aliphatic carboxylic acids is 1. The molecule has 7 nitrogen and oxygen atoms in total. The van der Waals surface area contributed by atoms with E-state index < -0.39 is 5.97 Å². The van der Waals surface area contributed by atoms with E-state index in [0.29, 0.717) is 25.6 Å². The third kappa shape index (κ3) is 5.80. The van der Waals surface area contributed by atoms with Crippen LogP contribution in [0.3, 0.4) is 0 Å². The summed E-state index contributed by atoms with van der Waals surface area (Å²) in [5.74, 6) is -0.433. The van der Waals surface area contributed by atoms with Crippen LogP contribution in [0.2, 0.25) is 0 Å². The predicted octanol–water partition coefficient (Wildman–Crippen LogP) is 5.25. The zero-order chi connectivity index (χ0) is 26.4. The molecule has 1 N–H and O–H groups in total. The van der Waals surface area contributed by atoms with Gasteiger partial charge in [0.1, 0.15) is 0 Å². The molecule has 0 spiro atoms. The van der Waals surface area contributed by atoms with Crippen molar-refractivity contribution >= 4 is 65.1 Å². The number of fused-ring (bicyclic) bond motifs is 4. The molecule has 1 saturated carbocycles. The van der Waals surface area contributed by atoms with Crippen molar-refractivity contribution in [2.45, 2.75) is 39.0 Å². The first kappa shape index (κ1) is 31.2. The number of piperazine rings is 1. The Labute approximate surface area is 257 Å². The number of amides is 1. The van der Waals surface area contributed by atoms with E-state index in [1.807, 2.05) is 11.0 Å². The van der Waals surface area contributed by atoms with Gasteiger partial charge in [-0.05, 0) is 59.2 Å². The number of thioether (sulfide) groups is 1. The lowest BCUT2D eigenvalue weighted by Gasteiger charge is -2.35. The smallest absolute Gasteiger partial charge is 0.361 e. The van der Waals surface area contributed by atoms with Crippen molar-refractivity contribution in [1.29, 1.82) is 0 Å². The van der Waals surface area contributed by atoms with Gasteiger partial charge in [0, 0.05) is 54.8 Å². The summed E-state index contributed by atoms with van der Waals surface area (Å²) < 4.78 is 0. The van der Waals surface area contributed by atoms with Crippen molar-refractivity contribution in [1.82, 2.24) is 14.7 Å². The zero-order valence-electron chi connectivity index (χ0n) is 22.7. The van der Waals surface area contributed by atoms with Crippen molar-refractivity contribution in [3.63, 3.8) is 0 Å². The molecule has 1 amide bonds. The quantitative estimate of drug-likeness (QED) is 0.449. The molecule has 40 heavy (non-hydrogen) atoms. The van der Waals surface area contributed by atoms with E-state index >= 15 is 0 Å². The third-order valence-corrected chi connectivity index (χ3v) is 10.3. The first-order valence-electron chi connectivity index (χ1n) is 13.9. The van der Waals surface area contributed by atoms with Gasteiger partial charge in [-0.3, -0.25) is 9.79 Å². The summed E-state index contributed by atoms with van der Waals surface area (Å²) in [6.45, 7) is 7.72. The number of halogens is 3. The monoisotopic (exact) mass is 626 g/mol. The third-order valence-electron chi connectivity index (χ3n) is 8.77. The molecule has 3 aliphatic carbocycles. The molecule has 3 heterocycles. The minimum Gasteiger partial charge on any atom is -0.476 e. The Morgan fingerprint density at radius 2 is 1.80 bits per heavy atom. The van der Waals surface area contributed by atoms with Crippen LogP contribution >= 0.6 is 48.2 Å². The van der Waals surface area contributed by atoms with Crippen LogP contribution in [0.25, 0.3) is 0 Å². The molecule has 0 radical (unpaired) electrons. The molecule has 0 bridgehead atoms. The second-order valence-corrected chi connectivity index (χ2v) is 12.4. The fourth-order valence-corrected chi connectivity index (χ4v) is 8.13. The molecule has 6 aliphatic rings. The SMILES string of the molecule is CCN1CCN(C(=O)CN2C=C3C(=C(C4CCCCC4)C4=CC=C(Cl)C34)C3=C(CN=C(C(=O)O)S3)C2)CC1.Cl.Cl. The van der Waals surface area contributed by atoms with Gasteiger partial charge in [-0.15, -0.1) is 24.8 Å². The highest BCUT2D eigenvalue weighted by atomic mass is 35.5. The molecule has 0 aromatic rings. The van der Waals surface area contributed by atoms with Gasteiger partial charge < -0.3 is 19.8 Å². The molecule has 2 fully saturated rings. The summed E-state index contributed by atoms with van der Waals surface area (Å²) in [7, 11) is 0. The van der Waals surface area contributed by atoms with E-state index in [2.05, 4.69) is 34.0 Å². The summed E-state index contributed by atoms with van der Waals surface area (Å²) in [6, 6.07) is 0. The zero-order valence-corrected chi connectivity index (χ0v) is 25.9. The number of hydrogen-bond donors (Lipinski definition) is 1. The lowest BCUT2D eigenvalue weighted by atomic mass is 9.80. The van der Waals surface area contributed by atoms with Gasteiger partial charge in [0.05, 0.1) is 13.1 Å². The number of carbonyl (C=O) groups is 2. The summed E-state index contributed by atoms with van der Waals surface area (Å²) >= 11 is 8.14. The van der Waals surface area contributed by atoms with Crippen molar-refractivity contribution in [2.24, 2.45) is 16.8 Å². The molecular weight excluding hydrogens is 591 g/mol. The molecule has 11 heteroatoms. The van der Waals surface area contributed by atoms with E-state index in [1.54, 1.807) is 0 Å². The van der Waals surface area contributed by atoms with Gasteiger partial charge in [0.25, 0.3) is 0 Å². The maximum atomic E-state index is 13.4. The molecule has 1 saturated heterocycles. The van der Waals surface area contributed by atoms with Gasteiger partial charge in [-0.2, -0.15) is 0 Å². The number of carboxylic acid groups (broad SMARTS) is 1. The number of hydrogen-bond acceptors (Lipinski definition) is 6. The van der Waals surface area contributed by atoms with Crippen LogP contribution in [0.4, 0.5) is 0 Å². The summed E-state index contributed by atoms with van der Waals surface area (Å²) in [5.41, 5.74) is 5.99. The Kier molecular flexibility index (Phi) is 10.2. The van der Waals surface area contributed by atoms with Crippen molar-refractivity contribution in [3.8, 4) is 0 Å². The highest BCUT2D eigenvalue weighted by molar-refractivity contribution is 8.19. The topological polar surface area (TPSA) is 76.5 Å². The maximum absolute atomic E-state index is 13.4. The predicted molar refractivity (Wildman–Crippen MR) is 167 cm³/mol. The minimum atomic E-state index is -0.982. The van der Waals surface area contributed by atoms with Crippen LogP contribution in [0.1, 0.15) is 39.0 Å². The van der Waals surface area contributed by atoms with Crippen LogP contribution in [0.5, 0.6) is 0 Å². The Morgan fingerprint density at radius 1 is 1.07 bits per heavy atom. The Hall–Kier alpha value is -1.71. The lowest BCUT2D eigenvalue weighted by Crippen LogP contribution is -2.50. The number of carboxylic acids is 1. The number of aliphatic imine (C=N–C) groups is 1. The highest BCUT2D eigenvalue weighted by Gasteiger charge is 2.45. The second-order valence-electron chi connectivity index (χ2n) is 11.0. The van der Waals surface area contributed by atoms with Crippen molar-refractivity contribution < 1.29 is 14.7 Å². The van der Waals surface area contributed by atoms with E-state index in [4.69, 9.17) is 11.6 Å². The van der Waals surface area contributed by atoms with Crippen molar-refractivity contribution in [3.05, 3.63) is 56.2 Å². The lowest BCUT2D eigenvalue weighted by molar-refractivity contribution is -0.133. The van der Waals surface area contributed by atoms with Crippen LogP contribution in [-0.2, 0) is 9.59 Å². The molecule has 6 rings (SSSR count). The van der Waals surface area contributed by atoms with Gasteiger partial charge in [0.2, 0.25) is 5.91 Å². The number of allylic oxidation sites excluding steroid dienone is 7. The van der Waals surface area contributed by atoms with Gasteiger partial charge >= 0.3 is 5.97 Å². The number of likely N-dealkylation sites (N-methyl/N-ethyl adjacent to an activating group) is 1. The van der Waals surface area contributed by atoms with E-state index in [1.165, 1.54) is 47.7 Å². The average molecular weight is 628 g/mol. The van der Waals surface area contributed by atoms with Crippen LogP contribution in [0.15, 0.2) is 61.1 Å². The fraction of sp³-hybridized carbons (Fsp3) is 0.552. The molecule has 1 unspecified atom stereocenters. The molecule has 0 aromatic carbocycles. The molecule has 218 valence electrons. The normalized spacial score (nSPS) is 25.0.